The second-order valence-corrected chi connectivity index (χ2v) is 6.65. The smallest absolute Gasteiger partial charge is 0.407 e. The average molecular weight is 394 g/mol. The van der Waals surface area contributed by atoms with E-state index in [1.807, 2.05) is 59.8 Å². The van der Waals surface area contributed by atoms with Crippen LogP contribution in [0.5, 0.6) is 0 Å². The molecule has 0 aliphatic rings. The molecule has 0 aromatic heterocycles. The first kappa shape index (κ1) is 30.7. The molecule has 0 saturated carbocycles. The van der Waals surface area contributed by atoms with Crippen molar-refractivity contribution >= 4 is 6.09 Å². The lowest BCUT2D eigenvalue weighted by atomic mass is 10.0. The molecule has 1 unspecified atom stereocenters. The lowest BCUT2D eigenvalue weighted by Crippen LogP contribution is -2.41. The van der Waals surface area contributed by atoms with Gasteiger partial charge in [-0.2, -0.15) is 0 Å². The van der Waals surface area contributed by atoms with Crippen LogP contribution in [0, 0.1) is 0 Å². The first-order valence-electron chi connectivity index (χ1n) is 10.0. The monoisotopic (exact) mass is 393 g/mol. The van der Waals surface area contributed by atoms with Crippen molar-refractivity contribution in [2.45, 2.75) is 80.4 Å². The second-order valence-electron chi connectivity index (χ2n) is 6.65. The number of carbonyl (C=O) groups is 1. The normalized spacial score (nSPS) is 13.1. The Kier molecular flexibility index (Phi) is 20.0. The summed E-state index contributed by atoms with van der Waals surface area (Å²) in [5, 5.41) is 12.1. The highest BCUT2D eigenvalue weighted by Crippen LogP contribution is 2.13. The number of aliphatic hydroxyl groups is 1. The summed E-state index contributed by atoms with van der Waals surface area (Å²) in [4.78, 5) is 11.8. The highest BCUT2D eigenvalue weighted by Gasteiger charge is 2.19. The van der Waals surface area contributed by atoms with Crippen LogP contribution in [0.3, 0.4) is 0 Å². The predicted octanol–water partition coefficient (Wildman–Crippen LogP) is 6.51. The third-order valence-electron chi connectivity index (χ3n) is 3.10. The molecule has 0 saturated heterocycles. The van der Waals surface area contributed by atoms with Gasteiger partial charge in [-0.1, -0.05) is 76.8 Å². The molecular weight excluding hydrogens is 350 g/mol. The summed E-state index contributed by atoms with van der Waals surface area (Å²) in [5.41, 5.74) is 2.53. The number of nitrogens with one attached hydrogen (secondary N) is 1. The van der Waals surface area contributed by atoms with E-state index in [-0.39, 0.29) is 12.6 Å². The Morgan fingerprint density at radius 2 is 1.61 bits per heavy atom. The Morgan fingerprint density at radius 1 is 1.07 bits per heavy atom. The second kappa shape index (κ2) is 18.3. The molecule has 0 aromatic carbocycles. The maximum atomic E-state index is 11.8. The van der Waals surface area contributed by atoms with E-state index in [1.165, 1.54) is 0 Å². The summed E-state index contributed by atoms with van der Waals surface area (Å²) in [5.74, 6) is 0. The summed E-state index contributed by atoms with van der Waals surface area (Å²) in [6, 6.07) is -0.382. The molecule has 0 rings (SSSR count). The minimum absolute atomic E-state index is 0.151. The van der Waals surface area contributed by atoms with Gasteiger partial charge in [0, 0.05) is 0 Å². The van der Waals surface area contributed by atoms with Crippen LogP contribution in [-0.4, -0.2) is 29.4 Å². The van der Waals surface area contributed by atoms with Crippen LogP contribution in [-0.2, 0) is 4.74 Å². The van der Waals surface area contributed by atoms with Crippen LogP contribution in [0.1, 0.15) is 68.7 Å². The molecule has 0 aliphatic heterocycles. The minimum atomic E-state index is -0.562. The van der Waals surface area contributed by atoms with Gasteiger partial charge in [0.05, 0.1) is 12.6 Å². The molecule has 4 heteroatoms. The summed E-state index contributed by atoms with van der Waals surface area (Å²) in [6.07, 6.45) is 9.35. The Balaban J connectivity index is -0.00000146. The van der Waals surface area contributed by atoms with Crippen molar-refractivity contribution in [1.82, 2.24) is 5.32 Å². The van der Waals surface area contributed by atoms with Gasteiger partial charge in [0.2, 0.25) is 0 Å². The zero-order valence-electron chi connectivity index (χ0n) is 19.6. The van der Waals surface area contributed by atoms with Crippen molar-refractivity contribution in [3.8, 4) is 0 Å². The summed E-state index contributed by atoms with van der Waals surface area (Å²) in [6.45, 7) is 24.6. The average Bonchev–Trinajstić information content (AvgIpc) is 2.65. The molecule has 28 heavy (non-hydrogen) atoms. The van der Waals surface area contributed by atoms with E-state index in [2.05, 4.69) is 18.5 Å². The lowest BCUT2D eigenvalue weighted by Gasteiger charge is -2.22. The molecule has 0 aromatic rings. The van der Waals surface area contributed by atoms with E-state index >= 15 is 0 Å². The zero-order chi connectivity index (χ0) is 22.8. The molecule has 0 radical (unpaired) electrons. The van der Waals surface area contributed by atoms with Crippen molar-refractivity contribution in [2.24, 2.45) is 0 Å². The van der Waals surface area contributed by atoms with E-state index in [0.717, 1.165) is 16.7 Å². The van der Waals surface area contributed by atoms with Crippen molar-refractivity contribution < 1.29 is 14.6 Å². The van der Waals surface area contributed by atoms with Gasteiger partial charge in [0.15, 0.2) is 0 Å². The molecule has 162 valence electrons. The number of alkyl carbamates (subject to hydrolysis) is 1. The van der Waals surface area contributed by atoms with Crippen LogP contribution in [0.2, 0.25) is 0 Å². The third-order valence-corrected chi connectivity index (χ3v) is 3.10. The molecule has 1 amide bonds. The lowest BCUT2D eigenvalue weighted by molar-refractivity contribution is 0.0483. The number of hydrogen-bond donors (Lipinski definition) is 2. The van der Waals surface area contributed by atoms with Gasteiger partial charge in [-0.3, -0.25) is 0 Å². The summed E-state index contributed by atoms with van der Waals surface area (Å²) < 4.78 is 5.20. The van der Waals surface area contributed by atoms with Crippen molar-refractivity contribution in [3.63, 3.8) is 0 Å². The number of allylic oxidation sites excluding steroid dienone is 7. The standard InChI is InChI=1S/C20H31NO3.2C2H6/c1-8-10-17(9-2)16(4)12-11-15(3)13-18(14-22)21-19(23)24-20(5,6)7;2*1-2/h8-12,18,22H,1-2,13-14H2,3-7H3,(H,21,23);2*1-2H3/b15-11+,16-12+,17-10+;;. The van der Waals surface area contributed by atoms with Crippen molar-refractivity contribution in [2.75, 3.05) is 6.61 Å². The summed E-state index contributed by atoms with van der Waals surface area (Å²) in [7, 11) is 0. The molecule has 4 nitrogen and oxygen atoms in total. The van der Waals surface area contributed by atoms with Crippen LogP contribution >= 0.6 is 0 Å². The van der Waals surface area contributed by atoms with Crippen LogP contribution in [0.4, 0.5) is 4.79 Å². The number of amides is 1. The Bertz CT molecular complexity index is 535. The topological polar surface area (TPSA) is 58.6 Å². The molecule has 0 spiro atoms. The Hall–Kier alpha value is -2.07. The van der Waals surface area contributed by atoms with Crippen LogP contribution in [0.15, 0.2) is 60.3 Å². The molecule has 1 atom stereocenters. The van der Waals surface area contributed by atoms with E-state index in [4.69, 9.17) is 4.74 Å². The van der Waals surface area contributed by atoms with E-state index in [1.54, 1.807) is 32.9 Å². The number of hydrogen-bond acceptors (Lipinski definition) is 3. The number of ether oxygens (including phenoxy) is 1. The molecule has 0 bridgehead atoms. The van der Waals surface area contributed by atoms with Crippen molar-refractivity contribution in [1.29, 1.82) is 0 Å². The Morgan fingerprint density at radius 3 is 2.00 bits per heavy atom. The van der Waals surface area contributed by atoms with E-state index in [9.17, 15) is 9.90 Å². The number of carbonyl (C=O) groups excluding carboxylic acids is 1. The van der Waals surface area contributed by atoms with Gasteiger partial charge >= 0.3 is 6.09 Å². The van der Waals surface area contributed by atoms with E-state index in [0.29, 0.717) is 6.42 Å². The fourth-order valence-electron chi connectivity index (χ4n) is 1.94. The van der Waals surface area contributed by atoms with Crippen LogP contribution < -0.4 is 5.32 Å². The Labute approximate surface area is 173 Å². The maximum absolute atomic E-state index is 11.8. The molecular formula is C24H43NO3. The van der Waals surface area contributed by atoms with Crippen LogP contribution in [0.25, 0.3) is 0 Å². The highest BCUT2D eigenvalue weighted by molar-refractivity contribution is 5.68. The predicted molar refractivity (Wildman–Crippen MR) is 124 cm³/mol. The van der Waals surface area contributed by atoms with Gasteiger partial charge < -0.3 is 15.2 Å². The van der Waals surface area contributed by atoms with Gasteiger partial charge in [0.25, 0.3) is 0 Å². The fourth-order valence-corrected chi connectivity index (χ4v) is 1.94. The van der Waals surface area contributed by atoms with Gasteiger partial charge in [-0.25, -0.2) is 4.79 Å². The first-order chi connectivity index (χ1) is 13.1. The number of aliphatic hydroxyl groups excluding tert-OH is 1. The van der Waals surface area contributed by atoms with Gasteiger partial charge in [0.1, 0.15) is 5.60 Å². The summed E-state index contributed by atoms with van der Waals surface area (Å²) >= 11 is 0. The van der Waals surface area contributed by atoms with E-state index < -0.39 is 11.7 Å². The van der Waals surface area contributed by atoms with Crippen molar-refractivity contribution in [3.05, 3.63) is 60.3 Å². The third kappa shape index (κ3) is 17.3. The zero-order valence-corrected chi connectivity index (χ0v) is 19.6. The molecule has 0 fully saturated rings. The van der Waals surface area contributed by atoms with Gasteiger partial charge in [-0.15, -0.1) is 0 Å². The minimum Gasteiger partial charge on any atom is -0.444 e. The largest absolute Gasteiger partial charge is 0.444 e. The SMILES string of the molecule is C=C/C=C(C=C)/C(C)=C/C=C(\C)CC(CO)NC(=O)OC(C)(C)C.CC.CC. The highest BCUT2D eigenvalue weighted by atomic mass is 16.6. The maximum Gasteiger partial charge on any atom is 0.407 e. The molecule has 0 heterocycles. The quantitative estimate of drug-likeness (QED) is 0.462. The van der Waals surface area contributed by atoms with Gasteiger partial charge in [-0.05, 0) is 52.2 Å². The number of rotatable bonds is 8. The molecule has 2 N–H and O–H groups in total. The fraction of sp³-hybridized carbons (Fsp3) is 0.542. The molecule has 0 aliphatic carbocycles. The first-order valence-corrected chi connectivity index (χ1v) is 10.0.